The Balaban J connectivity index is 0.000000142. The van der Waals surface area contributed by atoms with E-state index in [0.29, 0.717) is 22.1 Å². The second kappa shape index (κ2) is 7.31. The molecule has 3 unspecified atom stereocenters. The van der Waals surface area contributed by atoms with Crippen molar-refractivity contribution < 1.29 is 4.74 Å². The zero-order chi connectivity index (χ0) is 15.5. The van der Waals surface area contributed by atoms with E-state index in [-0.39, 0.29) is 0 Å². The molecule has 4 rings (SSSR count). The van der Waals surface area contributed by atoms with Gasteiger partial charge < -0.3 is 10.1 Å². The second-order valence-corrected chi connectivity index (χ2v) is 7.17. The molecule has 1 aromatic carbocycles. The molecule has 2 aliphatic heterocycles. The molecule has 5 heteroatoms. The molecule has 1 aromatic rings. The fourth-order valence-corrected chi connectivity index (χ4v) is 4.25. The van der Waals surface area contributed by atoms with Gasteiger partial charge >= 0.3 is 0 Å². The van der Waals surface area contributed by atoms with Crippen LogP contribution in [0.15, 0.2) is 47.1 Å². The van der Waals surface area contributed by atoms with Crippen molar-refractivity contribution in [3.63, 3.8) is 0 Å². The number of piperidine rings is 1. The first-order chi connectivity index (χ1) is 10.6. The van der Waals surface area contributed by atoms with Crippen LogP contribution in [0.3, 0.4) is 0 Å². The minimum absolute atomic E-state index is 0.449. The number of nitrogens with one attached hydrogen (secondary N) is 1. The number of allylic oxidation sites excluding steroid dienone is 4. The summed E-state index contributed by atoms with van der Waals surface area (Å²) < 4.78 is 5.92. The van der Waals surface area contributed by atoms with Crippen molar-refractivity contribution in [3.05, 3.63) is 52.2 Å². The monoisotopic (exact) mass is 355 g/mol. The Labute approximate surface area is 146 Å². The summed E-state index contributed by atoms with van der Waals surface area (Å²) in [6.07, 6.45) is 9.45. The van der Waals surface area contributed by atoms with Gasteiger partial charge in [0.25, 0.3) is 0 Å². The summed E-state index contributed by atoms with van der Waals surface area (Å²) in [6.45, 7) is 2.20. The van der Waals surface area contributed by atoms with Crippen LogP contribution in [-0.4, -0.2) is 19.2 Å². The standard InChI is InChI=1S/C11H15NO.C6H4Cl2S/c1-2-4-10-8(3-1)9-5-6-12-7-11(9)13-10;7-4-1-5(8)3-6(9)2-4/h1-2,4,8-9,11-12H,3,5-7H2;1-3,9H. The molecular formula is C17H19Cl2NOS. The summed E-state index contributed by atoms with van der Waals surface area (Å²) >= 11 is 15.3. The highest BCUT2D eigenvalue weighted by atomic mass is 35.5. The summed E-state index contributed by atoms with van der Waals surface area (Å²) in [5.41, 5.74) is 0. The van der Waals surface area contributed by atoms with Gasteiger partial charge in [-0.15, -0.1) is 12.6 Å². The van der Waals surface area contributed by atoms with Gasteiger partial charge in [-0.05, 0) is 43.7 Å². The number of ether oxygens (including phenoxy) is 1. The summed E-state index contributed by atoms with van der Waals surface area (Å²) in [5.74, 6) is 2.70. The molecule has 0 saturated carbocycles. The SMILES string of the molecule is C1=CCC2C(=C1)OC1CNCCC12.Sc1cc(Cl)cc(Cl)c1. The van der Waals surface area contributed by atoms with Crippen LogP contribution >= 0.6 is 35.8 Å². The van der Waals surface area contributed by atoms with E-state index in [1.807, 2.05) is 0 Å². The van der Waals surface area contributed by atoms with Gasteiger partial charge in [-0.2, -0.15) is 0 Å². The number of fused-ring (bicyclic) bond motifs is 3. The van der Waals surface area contributed by atoms with Crippen LogP contribution in [0.5, 0.6) is 0 Å². The Morgan fingerprint density at radius 1 is 1.18 bits per heavy atom. The second-order valence-electron chi connectivity index (χ2n) is 5.78. The van der Waals surface area contributed by atoms with Crippen molar-refractivity contribution in [1.29, 1.82) is 0 Å². The maximum atomic E-state index is 5.92. The van der Waals surface area contributed by atoms with Gasteiger partial charge in [-0.3, -0.25) is 0 Å². The molecule has 2 nitrogen and oxygen atoms in total. The number of benzene rings is 1. The lowest BCUT2D eigenvalue weighted by molar-refractivity contribution is 0.108. The molecule has 2 heterocycles. The molecule has 2 fully saturated rings. The number of rotatable bonds is 0. The van der Waals surface area contributed by atoms with E-state index in [0.717, 1.165) is 23.9 Å². The molecule has 2 saturated heterocycles. The Morgan fingerprint density at radius 2 is 1.95 bits per heavy atom. The fourth-order valence-electron chi connectivity index (χ4n) is 3.29. The Hall–Kier alpha value is -0.610. The first-order valence-electron chi connectivity index (χ1n) is 7.52. The van der Waals surface area contributed by atoms with Crippen LogP contribution < -0.4 is 5.32 Å². The average Bonchev–Trinajstić information content (AvgIpc) is 2.85. The van der Waals surface area contributed by atoms with Gasteiger partial charge in [0.15, 0.2) is 0 Å². The smallest absolute Gasteiger partial charge is 0.114 e. The van der Waals surface area contributed by atoms with Crippen molar-refractivity contribution in [2.24, 2.45) is 11.8 Å². The zero-order valence-electron chi connectivity index (χ0n) is 12.1. The van der Waals surface area contributed by atoms with E-state index < -0.39 is 0 Å². The number of halogens is 2. The highest BCUT2D eigenvalue weighted by molar-refractivity contribution is 7.80. The maximum absolute atomic E-state index is 5.92. The molecule has 1 N–H and O–H groups in total. The molecule has 0 bridgehead atoms. The summed E-state index contributed by atoms with van der Waals surface area (Å²) in [4.78, 5) is 0.785. The van der Waals surface area contributed by atoms with Crippen LogP contribution in [0.1, 0.15) is 12.8 Å². The van der Waals surface area contributed by atoms with Crippen LogP contribution in [-0.2, 0) is 4.74 Å². The van der Waals surface area contributed by atoms with Crippen molar-refractivity contribution in [1.82, 2.24) is 5.32 Å². The normalized spacial score (nSPS) is 28.7. The van der Waals surface area contributed by atoms with E-state index >= 15 is 0 Å². The Morgan fingerprint density at radius 3 is 2.68 bits per heavy atom. The maximum Gasteiger partial charge on any atom is 0.114 e. The van der Waals surface area contributed by atoms with Gasteiger partial charge in [0, 0.05) is 33.3 Å². The molecule has 0 radical (unpaired) electrons. The van der Waals surface area contributed by atoms with E-state index in [2.05, 4.69) is 36.2 Å². The van der Waals surface area contributed by atoms with Crippen molar-refractivity contribution in [2.45, 2.75) is 23.8 Å². The van der Waals surface area contributed by atoms with Crippen molar-refractivity contribution >= 4 is 35.8 Å². The largest absolute Gasteiger partial charge is 0.493 e. The first-order valence-corrected chi connectivity index (χ1v) is 8.73. The fraction of sp³-hybridized carbons (Fsp3) is 0.412. The third-order valence-electron chi connectivity index (χ3n) is 4.28. The third-order valence-corrected chi connectivity index (χ3v) is 4.98. The summed E-state index contributed by atoms with van der Waals surface area (Å²) in [7, 11) is 0. The lowest BCUT2D eigenvalue weighted by Crippen LogP contribution is -2.39. The molecule has 0 amide bonds. The molecule has 118 valence electrons. The lowest BCUT2D eigenvalue weighted by Gasteiger charge is -2.26. The third kappa shape index (κ3) is 3.83. The van der Waals surface area contributed by atoms with Crippen LogP contribution in [0, 0.1) is 11.8 Å². The predicted molar refractivity (Wildman–Crippen MR) is 94.9 cm³/mol. The highest BCUT2D eigenvalue weighted by Crippen LogP contribution is 2.42. The van der Waals surface area contributed by atoms with Gasteiger partial charge in [0.2, 0.25) is 0 Å². The lowest BCUT2D eigenvalue weighted by atomic mass is 9.81. The van der Waals surface area contributed by atoms with Crippen molar-refractivity contribution in [3.8, 4) is 0 Å². The molecular weight excluding hydrogens is 337 g/mol. The highest BCUT2D eigenvalue weighted by Gasteiger charge is 2.42. The van der Waals surface area contributed by atoms with Gasteiger partial charge in [0.05, 0.1) is 0 Å². The molecule has 0 spiro atoms. The minimum Gasteiger partial charge on any atom is -0.493 e. The quantitative estimate of drug-likeness (QED) is 0.656. The van der Waals surface area contributed by atoms with Crippen LogP contribution in [0.4, 0.5) is 0 Å². The minimum atomic E-state index is 0.449. The molecule has 1 aliphatic carbocycles. The summed E-state index contributed by atoms with van der Waals surface area (Å²) in [6, 6.07) is 5.13. The molecule has 0 aromatic heterocycles. The molecule has 3 aliphatic rings. The van der Waals surface area contributed by atoms with Crippen LogP contribution in [0.25, 0.3) is 0 Å². The topological polar surface area (TPSA) is 21.3 Å². The zero-order valence-corrected chi connectivity index (χ0v) is 14.5. The molecule has 22 heavy (non-hydrogen) atoms. The van der Waals surface area contributed by atoms with Crippen molar-refractivity contribution in [2.75, 3.05) is 13.1 Å². The Bertz CT molecular complexity index is 552. The van der Waals surface area contributed by atoms with Crippen LogP contribution in [0.2, 0.25) is 10.0 Å². The average molecular weight is 356 g/mol. The Kier molecular flexibility index (Phi) is 5.40. The first kappa shape index (κ1) is 16.3. The number of thiol groups is 1. The van der Waals surface area contributed by atoms with Gasteiger partial charge in [-0.1, -0.05) is 35.4 Å². The van der Waals surface area contributed by atoms with E-state index in [1.165, 1.54) is 18.6 Å². The van der Waals surface area contributed by atoms with E-state index in [4.69, 9.17) is 27.9 Å². The van der Waals surface area contributed by atoms with Gasteiger partial charge in [0.1, 0.15) is 11.9 Å². The van der Waals surface area contributed by atoms with E-state index in [9.17, 15) is 0 Å². The number of hydrogen-bond donors (Lipinski definition) is 2. The predicted octanol–water partition coefficient (Wildman–Crippen LogP) is 4.74. The summed E-state index contributed by atoms with van der Waals surface area (Å²) in [5, 5.41) is 4.63. The number of hydrogen-bond acceptors (Lipinski definition) is 3. The molecule has 3 atom stereocenters. The van der Waals surface area contributed by atoms with E-state index in [1.54, 1.807) is 18.2 Å². The van der Waals surface area contributed by atoms with Gasteiger partial charge in [-0.25, -0.2) is 0 Å².